The third-order valence-corrected chi connectivity index (χ3v) is 4.38. The Kier molecular flexibility index (Phi) is 3.72. The third-order valence-electron chi connectivity index (χ3n) is 3.08. The van der Waals surface area contributed by atoms with Crippen LogP contribution in [0.1, 0.15) is 0 Å². The second-order valence-electron chi connectivity index (χ2n) is 4.32. The van der Waals surface area contributed by atoms with Crippen molar-refractivity contribution in [3.8, 4) is 11.4 Å². The predicted octanol–water partition coefficient (Wildman–Crippen LogP) is 2.30. The van der Waals surface area contributed by atoms with Crippen molar-refractivity contribution in [1.29, 1.82) is 0 Å². The highest BCUT2D eigenvalue weighted by atomic mass is 79.9. The van der Waals surface area contributed by atoms with E-state index in [4.69, 9.17) is 11.6 Å². The number of aromatic amines is 1. The van der Waals surface area contributed by atoms with Crippen LogP contribution in [0.15, 0.2) is 22.7 Å². The van der Waals surface area contributed by atoms with Gasteiger partial charge in [-0.3, -0.25) is 5.10 Å². The van der Waals surface area contributed by atoms with Crippen LogP contribution in [0.5, 0.6) is 0 Å². The topological polar surface area (TPSA) is 56.8 Å². The van der Waals surface area contributed by atoms with Crippen LogP contribution in [-0.2, 0) is 0 Å². The molecule has 2 aromatic rings. The third kappa shape index (κ3) is 2.61. The van der Waals surface area contributed by atoms with E-state index in [9.17, 15) is 0 Å². The Labute approximate surface area is 124 Å². The Bertz CT molecular complexity index is 579. The van der Waals surface area contributed by atoms with Crippen LogP contribution in [0.25, 0.3) is 11.4 Å². The molecule has 19 heavy (non-hydrogen) atoms. The Morgan fingerprint density at radius 1 is 1.26 bits per heavy atom. The molecule has 0 saturated carbocycles. The minimum atomic E-state index is 0.644. The molecular weight excluding hydrogens is 330 g/mol. The maximum absolute atomic E-state index is 6.26. The zero-order chi connectivity index (χ0) is 13.2. The molecule has 7 heteroatoms. The number of hydrogen-bond donors (Lipinski definition) is 2. The van der Waals surface area contributed by atoms with Gasteiger partial charge in [-0.25, -0.2) is 0 Å². The lowest BCUT2D eigenvalue weighted by molar-refractivity contribution is 0.580. The Morgan fingerprint density at radius 2 is 2.05 bits per heavy atom. The predicted molar refractivity (Wildman–Crippen MR) is 79.6 cm³/mol. The summed E-state index contributed by atoms with van der Waals surface area (Å²) in [6, 6.07) is 5.76. The second kappa shape index (κ2) is 5.48. The SMILES string of the molecule is Clc1c(Br)cccc1-c1nc(N2CCNCC2)n[nH]1. The summed E-state index contributed by atoms with van der Waals surface area (Å²) in [6.45, 7) is 3.76. The van der Waals surface area contributed by atoms with Gasteiger partial charge in [-0.2, -0.15) is 4.98 Å². The van der Waals surface area contributed by atoms with Crippen molar-refractivity contribution in [2.75, 3.05) is 31.1 Å². The van der Waals surface area contributed by atoms with Gasteiger partial charge in [0.1, 0.15) is 0 Å². The van der Waals surface area contributed by atoms with Crippen LogP contribution in [0.3, 0.4) is 0 Å². The van der Waals surface area contributed by atoms with E-state index in [1.54, 1.807) is 0 Å². The number of nitrogens with zero attached hydrogens (tertiary/aromatic N) is 3. The summed E-state index contributed by atoms with van der Waals surface area (Å²) >= 11 is 9.68. The fourth-order valence-electron chi connectivity index (χ4n) is 2.07. The van der Waals surface area contributed by atoms with Gasteiger partial charge in [0.2, 0.25) is 5.95 Å². The highest BCUT2D eigenvalue weighted by Crippen LogP contribution is 2.32. The number of rotatable bonds is 2. The molecule has 1 aliphatic heterocycles. The van der Waals surface area contributed by atoms with Crippen molar-refractivity contribution in [2.24, 2.45) is 0 Å². The van der Waals surface area contributed by atoms with Gasteiger partial charge >= 0.3 is 0 Å². The zero-order valence-electron chi connectivity index (χ0n) is 10.2. The number of H-pyrrole nitrogens is 1. The van der Waals surface area contributed by atoms with Crippen LogP contribution in [0, 0.1) is 0 Å². The lowest BCUT2D eigenvalue weighted by Crippen LogP contribution is -2.44. The van der Waals surface area contributed by atoms with Gasteiger partial charge in [0.05, 0.1) is 5.02 Å². The smallest absolute Gasteiger partial charge is 0.245 e. The summed E-state index contributed by atoms with van der Waals surface area (Å²) in [6.07, 6.45) is 0. The van der Waals surface area contributed by atoms with E-state index in [2.05, 4.69) is 41.3 Å². The molecular formula is C12H13BrClN5. The fraction of sp³-hybridized carbons (Fsp3) is 0.333. The van der Waals surface area contributed by atoms with Crippen LogP contribution in [-0.4, -0.2) is 41.4 Å². The summed E-state index contributed by atoms with van der Waals surface area (Å²) in [5.74, 6) is 1.42. The number of nitrogens with one attached hydrogen (secondary N) is 2. The molecule has 100 valence electrons. The van der Waals surface area contributed by atoms with Crippen molar-refractivity contribution < 1.29 is 0 Å². The van der Waals surface area contributed by atoms with Gasteiger partial charge in [0.15, 0.2) is 5.82 Å². The van der Waals surface area contributed by atoms with Crippen molar-refractivity contribution in [2.45, 2.75) is 0 Å². The van der Waals surface area contributed by atoms with Gasteiger partial charge < -0.3 is 10.2 Å². The lowest BCUT2D eigenvalue weighted by atomic mass is 10.2. The molecule has 0 aliphatic carbocycles. The molecule has 0 radical (unpaired) electrons. The first kappa shape index (κ1) is 12.9. The molecule has 3 rings (SSSR count). The molecule has 1 aromatic carbocycles. The summed E-state index contributed by atoms with van der Waals surface area (Å²) in [7, 11) is 0. The van der Waals surface area contributed by atoms with Crippen molar-refractivity contribution in [3.63, 3.8) is 0 Å². The van der Waals surface area contributed by atoms with Crippen LogP contribution in [0.2, 0.25) is 5.02 Å². The number of benzene rings is 1. The molecule has 1 aliphatic rings. The monoisotopic (exact) mass is 341 g/mol. The molecule has 0 bridgehead atoms. The van der Waals surface area contributed by atoms with E-state index in [-0.39, 0.29) is 0 Å². The van der Waals surface area contributed by atoms with Gasteiger partial charge in [0, 0.05) is 36.2 Å². The van der Waals surface area contributed by atoms with E-state index >= 15 is 0 Å². The number of hydrogen-bond acceptors (Lipinski definition) is 4. The largest absolute Gasteiger partial charge is 0.337 e. The molecule has 2 heterocycles. The number of aromatic nitrogens is 3. The molecule has 0 unspecified atom stereocenters. The van der Waals surface area contributed by atoms with Crippen LogP contribution < -0.4 is 10.2 Å². The van der Waals surface area contributed by atoms with Crippen molar-refractivity contribution >= 4 is 33.5 Å². The Morgan fingerprint density at radius 3 is 2.84 bits per heavy atom. The standard InChI is InChI=1S/C12H13BrClN5/c13-9-3-1-2-8(10(9)14)11-16-12(18-17-11)19-6-4-15-5-7-19/h1-3,15H,4-7H2,(H,16,17,18). The molecule has 5 nitrogen and oxygen atoms in total. The average Bonchev–Trinajstić information content (AvgIpc) is 2.92. The maximum atomic E-state index is 6.26. The fourth-order valence-corrected chi connectivity index (χ4v) is 2.65. The first-order valence-electron chi connectivity index (χ1n) is 6.08. The molecule has 1 aromatic heterocycles. The van der Waals surface area contributed by atoms with E-state index < -0.39 is 0 Å². The van der Waals surface area contributed by atoms with E-state index in [0.717, 1.165) is 42.2 Å². The van der Waals surface area contributed by atoms with E-state index in [0.29, 0.717) is 10.8 Å². The van der Waals surface area contributed by atoms with Gasteiger partial charge in [-0.15, -0.1) is 5.10 Å². The number of piperazine rings is 1. The summed E-state index contributed by atoms with van der Waals surface area (Å²) in [5.41, 5.74) is 0.852. The first-order chi connectivity index (χ1) is 9.25. The molecule has 0 amide bonds. The molecule has 1 saturated heterocycles. The quantitative estimate of drug-likeness (QED) is 0.879. The second-order valence-corrected chi connectivity index (χ2v) is 5.55. The van der Waals surface area contributed by atoms with Gasteiger partial charge in [0.25, 0.3) is 0 Å². The molecule has 0 spiro atoms. The molecule has 2 N–H and O–H groups in total. The lowest BCUT2D eigenvalue weighted by Gasteiger charge is -2.25. The highest BCUT2D eigenvalue weighted by Gasteiger charge is 2.17. The normalized spacial score (nSPS) is 15.8. The summed E-state index contributed by atoms with van der Waals surface area (Å²) in [4.78, 5) is 6.69. The van der Waals surface area contributed by atoms with Crippen LogP contribution in [0.4, 0.5) is 5.95 Å². The summed E-state index contributed by atoms with van der Waals surface area (Å²) in [5, 5.41) is 11.2. The van der Waals surface area contributed by atoms with Gasteiger partial charge in [-0.05, 0) is 28.1 Å². The van der Waals surface area contributed by atoms with E-state index in [1.807, 2.05) is 18.2 Å². The van der Waals surface area contributed by atoms with Crippen LogP contribution >= 0.6 is 27.5 Å². The maximum Gasteiger partial charge on any atom is 0.245 e. The average molecular weight is 343 g/mol. The van der Waals surface area contributed by atoms with Crippen molar-refractivity contribution in [1.82, 2.24) is 20.5 Å². The van der Waals surface area contributed by atoms with Crippen molar-refractivity contribution in [3.05, 3.63) is 27.7 Å². The highest BCUT2D eigenvalue weighted by molar-refractivity contribution is 9.10. The number of halogens is 2. The Hall–Kier alpha value is -1.11. The minimum Gasteiger partial charge on any atom is -0.337 e. The van der Waals surface area contributed by atoms with Gasteiger partial charge in [-0.1, -0.05) is 17.7 Å². The molecule has 1 fully saturated rings. The molecule has 0 atom stereocenters. The minimum absolute atomic E-state index is 0.644. The van der Waals surface area contributed by atoms with E-state index in [1.165, 1.54) is 0 Å². The zero-order valence-corrected chi connectivity index (χ0v) is 12.5. The first-order valence-corrected chi connectivity index (χ1v) is 7.25. The Balaban J connectivity index is 1.90. The number of anilines is 1. The summed E-state index contributed by atoms with van der Waals surface area (Å²) < 4.78 is 0.854.